The van der Waals surface area contributed by atoms with Gasteiger partial charge in [0.05, 0.1) is 0 Å². The zero-order chi connectivity index (χ0) is 18.3. The minimum absolute atomic E-state index is 0.209. The topological polar surface area (TPSA) is 38.7 Å². The van der Waals surface area contributed by atoms with E-state index in [1.807, 2.05) is 0 Å². The lowest BCUT2D eigenvalue weighted by atomic mass is 10.1. The molecule has 0 unspecified atom stereocenters. The Morgan fingerprint density at radius 3 is 1.67 bits per heavy atom. The lowest BCUT2D eigenvalue weighted by Crippen LogP contribution is -2.42. The van der Waals surface area contributed by atoms with Gasteiger partial charge in [0.25, 0.3) is 0 Å². The summed E-state index contributed by atoms with van der Waals surface area (Å²) in [5.74, 6) is -9.60. The molecule has 0 saturated heterocycles. The van der Waals surface area contributed by atoms with Crippen LogP contribution in [-0.2, 0) is 15.3 Å². The monoisotopic (exact) mass is 372 g/mol. The summed E-state index contributed by atoms with van der Waals surface area (Å²) in [7, 11) is -3.24. The number of rotatable bonds is 10. The van der Waals surface area contributed by atoms with Crippen molar-refractivity contribution in [2.75, 3.05) is 13.2 Å². The number of hydrogen-bond acceptors (Lipinski definition) is 3. The van der Waals surface area contributed by atoms with E-state index in [1.54, 1.807) is 13.8 Å². The van der Waals surface area contributed by atoms with Crippen LogP contribution < -0.4 is 0 Å². The van der Waals surface area contributed by atoms with Gasteiger partial charge >= 0.3 is 8.80 Å². The van der Waals surface area contributed by atoms with Crippen molar-refractivity contribution in [2.24, 2.45) is 0 Å². The Kier molecular flexibility index (Phi) is 8.27. The maximum absolute atomic E-state index is 13.5. The van der Waals surface area contributed by atoms with E-state index in [0.717, 1.165) is 0 Å². The molecule has 1 rings (SSSR count). The van der Waals surface area contributed by atoms with Gasteiger partial charge in [-0.3, -0.25) is 0 Å². The Morgan fingerprint density at radius 1 is 0.750 bits per heavy atom. The summed E-state index contributed by atoms with van der Waals surface area (Å²) < 4.78 is 76.6. The van der Waals surface area contributed by atoms with Crippen LogP contribution in [0.25, 0.3) is 0 Å². The molecule has 1 aromatic carbocycles. The lowest BCUT2D eigenvalue weighted by molar-refractivity contribution is 0.107. The van der Waals surface area contributed by atoms with Gasteiger partial charge in [0.1, 0.15) is 0 Å². The van der Waals surface area contributed by atoms with Crippen molar-refractivity contribution in [2.45, 2.75) is 45.6 Å². The molecule has 0 bridgehead atoms. The molecule has 0 atom stereocenters. The highest BCUT2D eigenvalue weighted by molar-refractivity contribution is 6.59. The molecule has 0 saturated carbocycles. The third kappa shape index (κ3) is 5.23. The SMILES string of the molecule is CCO[Si](O)(CCCCCc1c(F)c(F)c(F)c(F)c1F)OCC. The van der Waals surface area contributed by atoms with Crippen molar-refractivity contribution in [3.63, 3.8) is 0 Å². The molecule has 0 spiro atoms. The average Bonchev–Trinajstić information content (AvgIpc) is 2.54. The summed E-state index contributed by atoms with van der Waals surface area (Å²) in [5, 5.41) is 0. The molecule has 1 N–H and O–H groups in total. The Balaban J connectivity index is 2.57. The van der Waals surface area contributed by atoms with E-state index in [4.69, 9.17) is 8.85 Å². The highest BCUT2D eigenvalue weighted by Crippen LogP contribution is 2.25. The van der Waals surface area contributed by atoms with E-state index in [1.165, 1.54) is 0 Å². The van der Waals surface area contributed by atoms with Gasteiger partial charge in [-0.25, -0.2) is 22.0 Å². The number of halogens is 5. The number of hydrogen-bond donors (Lipinski definition) is 1. The van der Waals surface area contributed by atoms with Gasteiger partial charge in [-0.05, 0) is 33.1 Å². The molecule has 0 radical (unpaired) electrons. The van der Waals surface area contributed by atoms with Crippen molar-refractivity contribution in [3.8, 4) is 0 Å². The summed E-state index contributed by atoms with van der Waals surface area (Å²) >= 11 is 0. The first-order valence-electron chi connectivity index (χ1n) is 7.78. The normalized spacial score (nSPS) is 12.0. The van der Waals surface area contributed by atoms with Crippen molar-refractivity contribution in [1.82, 2.24) is 0 Å². The van der Waals surface area contributed by atoms with Crippen LogP contribution in [0.15, 0.2) is 0 Å². The molecule has 24 heavy (non-hydrogen) atoms. The second-order valence-electron chi connectivity index (χ2n) is 5.19. The highest BCUT2D eigenvalue weighted by atomic mass is 28.4. The third-order valence-electron chi connectivity index (χ3n) is 3.46. The van der Waals surface area contributed by atoms with Crippen LogP contribution >= 0.6 is 0 Å². The van der Waals surface area contributed by atoms with E-state index < -0.39 is 43.5 Å². The molecule has 3 nitrogen and oxygen atoms in total. The van der Waals surface area contributed by atoms with Gasteiger partial charge in [-0.15, -0.1) is 0 Å². The molecular weight excluding hydrogens is 351 g/mol. The number of benzene rings is 1. The molecular formula is C15H21F5O3Si. The molecule has 0 aromatic heterocycles. The van der Waals surface area contributed by atoms with Crippen molar-refractivity contribution in [3.05, 3.63) is 34.6 Å². The average molecular weight is 372 g/mol. The van der Waals surface area contributed by atoms with E-state index in [2.05, 4.69) is 0 Å². The van der Waals surface area contributed by atoms with Crippen LogP contribution in [0.1, 0.15) is 38.7 Å². The molecule has 0 aliphatic rings. The predicted octanol–water partition coefficient (Wildman–Crippen LogP) is 4.10. The Labute approximate surface area is 138 Å². The Bertz CT molecular complexity index is 521. The van der Waals surface area contributed by atoms with E-state index in [0.29, 0.717) is 26.1 Å². The van der Waals surface area contributed by atoms with Crippen molar-refractivity contribution >= 4 is 8.80 Å². The molecule has 9 heteroatoms. The van der Waals surface area contributed by atoms with Gasteiger partial charge in [-0.2, -0.15) is 0 Å². The van der Waals surface area contributed by atoms with Gasteiger partial charge in [0.15, 0.2) is 23.3 Å². The molecule has 0 aliphatic heterocycles. The minimum Gasteiger partial charge on any atom is -0.390 e. The van der Waals surface area contributed by atoms with Crippen LogP contribution in [0.2, 0.25) is 6.04 Å². The maximum Gasteiger partial charge on any atom is 0.498 e. The molecule has 0 fully saturated rings. The third-order valence-corrected chi connectivity index (χ3v) is 5.92. The van der Waals surface area contributed by atoms with Gasteiger partial charge < -0.3 is 13.6 Å². The predicted molar refractivity (Wildman–Crippen MR) is 79.8 cm³/mol. The summed E-state index contributed by atoms with van der Waals surface area (Å²) in [6.45, 7) is 4.04. The fraction of sp³-hybridized carbons (Fsp3) is 0.600. The standard InChI is InChI=1S/C15H21F5O3Si/c1-3-22-24(21,23-4-2)9-7-5-6-8-10-11(16)13(18)15(20)14(19)12(10)17/h21H,3-9H2,1-2H3. The van der Waals surface area contributed by atoms with Crippen LogP contribution in [0.5, 0.6) is 0 Å². The van der Waals surface area contributed by atoms with E-state index in [9.17, 15) is 26.7 Å². The van der Waals surface area contributed by atoms with Crippen LogP contribution in [0.4, 0.5) is 22.0 Å². The largest absolute Gasteiger partial charge is 0.498 e. The van der Waals surface area contributed by atoms with Gasteiger partial charge in [0.2, 0.25) is 5.82 Å². The van der Waals surface area contributed by atoms with E-state index >= 15 is 0 Å². The first kappa shape index (κ1) is 21.0. The summed E-state index contributed by atoms with van der Waals surface area (Å²) in [6, 6.07) is 0.270. The highest BCUT2D eigenvalue weighted by Gasteiger charge is 2.35. The molecule has 0 aliphatic carbocycles. The zero-order valence-electron chi connectivity index (χ0n) is 13.6. The first-order valence-corrected chi connectivity index (χ1v) is 9.75. The lowest BCUT2D eigenvalue weighted by Gasteiger charge is -2.22. The first-order chi connectivity index (χ1) is 11.3. The second-order valence-corrected chi connectivity index (χ2v) is 7.69. The minimum atomic E-state index is -3.24. The molecule has 0 amide bonds. The Morgan fingerprint density at radius 2 is 1.21 bits per heavy atom. The smallest absolute Gasteiger partial charge is 0.390 e. The van der Waals surface area contributed by atoms with Crippen LogP contribution in [0, 0.1) is 29.1 Å². The van der Waals surface area contributed by atoms with Crippen molar-refractivity contribution < 1.29 is 35.6 Å². The van der Waals surface area contributed by atoms with E-state index in [-0.39, 0.29) is 18.9 Å². The molecule has 1 aromatic rings. The zero-order valence-corrected chi connectivity index (χ0v) is 14.6. The molecule has 0 heterocycles. The maximum atomic E-state index is 13.5. The van der Waals surface area contributed by atoms with Gasteiger partial charge in [-0.1, -0.05) is 6.42 Å². The Hall–Kier alpha value is -1.03. The fourth-order valence-electron chi connectivity index (χ4n) is 2.33. The van der Waals surface area contributed by atoms with Crippen LogP contribution in [0.3, 0.4) is 0 Å². The fourth-order valence-corrected chi connectivity index (χ4v) is 4.30. The van der Waals surface area contributed by atoms with Crippen LogP contribution in [-0.4, -0.2) is 26.8 Å². The quantitative estimate of drug-likeness (QED) is 0.221. The molecule has 138 valence electrons. The second kappa shape index (κ2) is 9.45. The number of unbranched alkanes of at least 4 members (excludes halogenated alkanes) is 2. The summed E-state index contributed by atoms with van der Waals surface area (Å²) in [4.78, 5) is 10.2. The van der Waals surface area contributed by atoms with Gasteiger partial charge in [0, 0.05) is 24.8 Å². The summed E-state index contributed by atoms with van der Waals surface area (Å²) in [5.41, 5.74) is -0.812. The van der Waals surface area contributed by atoms with Crippen molar-refractivity contribution in [1.29, 1.82) is 0 Å². The summed E-state index contributed by atoms with van der Waals surface area (Å²) in [6.07, 6.45) is 0.809.